The fourth-order valence-electron chi connectivity index (χ4n) is 2.23. The van der Waals surface area contributed by atoms with Crippen molar-refractivity contribution in [1.29, 1.82) is 0 Å². The summed E-state index contributed by atoms with van der Waals surface area (Å²) in [7, 11) is 4.45. The Morgan fingerprint density at radius 1 is 1.07 bits per heavy atom. The lowest BCUT2D eigenvalue weighted by Crippen LogP contribution is -2.22. The van der Waals surface area contributed by atoms with Gasteiger partial charge in [0.1, 0.15) is 5.82 Å². The second-order valence-corrected chi connectivity index (χ2v) is 5.72. The van der Waals surface area contributed by atoms with E-state index in [-0.39, 0.29) is 6.42 Å². The van der Waals surface area contributed by atoms with Crippen molar-refractivity contribution in [1.82, 2.24) is 4.98 Å². The number of hydrogen-bond donors (Lipinski definition) is 1. The van der Waals surface area contributed by atoms with Crippen molar-refractivity contribution in [3.63, 3.8) is 0 Å². The number of pyridine rings is 1. The summed E-state index contributed by atoms with van der Waals surface area (Å²) in [6.45, 7) is -0.437. The summed E-state index contributed by atoms with van der Waals surface area (Å²) in [5, 5.41) is 2.95. The number of nitrogens with one attached hydrogen (secondary N) is 1. The third-order valence-corrected chi connectivity index (χ3v) is 3.66. The minimum Gasteiger partial charge on any atom is -0.493 e. The van der Waals surface area contributed by atoms with Crippen LogP contribution in [0.5, 0.6) is 17.2 Å². The van der Waals surface area contributed by atoms with Crippen molar-refractivity contribution in [2.45, 2.75) is 6.42 Å². The molecular formula is C18H19ClN2O6. The number of rotatable bonds is 8. The van der Waals surface area contributed by atoms with Gasteiger partial charge in [-0.2, -0.15) is 0 Å². The van der Waals surface area contributed by atoms with Gasteiger partial charge in [-0.05, 0) is 29.8 Å². The molecule has 2 aromatic rings. The number of nitrogens with zero attached hydrogens (tertiary/aromatic N) is 1. The number of aromatic nitrogens is 1. The van der Waals surface area contributed by atoms with Gasteiger partial charge < -0.3 is 24.3 Å². The molecule has 8 nitrogen and oxygen atoms in total. The topological polar surface area (TPSA) is 96.0 Å². The second kappa shape index (κ2) is 9.63. The number of carbonyl (C=O) groups excluding carboxylic acids is 2. The lowest BCUT2D eigenvalue weighted by molar-refractivity contribution is -0.146. The number of halogens is 1. The number of ether oxygens (including phenoxy) is 4. The average Bonchev–Trinajstić information content (AvgIpc) is 2.67. The molecule has 1 N–H and O–H groups in total. The molecular weight excluding hydrogens is 376 g/mol. The first-order valence-corrected chi connectivity index (χ1v) is 8.20. The van der Waals surface area contributed by atoms with Gasteiger partial charge in [0.15, 0.2) is 18.1 Å². The number of methoxy groups -OCH3 is 3. The average molecular weight is 395 g/mol. The first kappa shape index (κ1) is 20.3. The van der Waals surface area contributed by atoms with Gasteiger partial charge in [0, 0.05) is 6.20 Å². The van der Waals surface area contributed by atoms with Gasteiger partial charge in [0.2, 0.25) is 5.75 Å². The van der Waals surface area contributed by atoms with E-state index in [1.807, 2.05) is 0 Å². The Hall–Kier alpha value is -3.00. The van der Waals surface area contributed by atoms with Gasteiger partial charge in [-0.15, -0.1) is 0 Å². The second-order valence-electron chi connectivity index (χ2n) is 5.28. The molecule has 1 amide bonds. The number of carbonyl (C=O) groups is 2. The SMILES string of the molecule is COc1cc(CC(=O)OCC(=O)Nc2ccc(Cl)cn2)cc(OC)c1OC. The molecule has 0 saturated carbocycles. The van der Waals surface area contributed by atoms with E-state index >= 15 is 0 Å². The molecule has 0 aliphatic carbocycles. The molecule has 0 aliphatic rings. The molecule has 27 heavy (non-hydrogen) atoms. The van der Waals surface area contributed by atoms with Crippen molar-refractivity contribution >= 4 is 29.3 Å². The molecule has 1 heterocycles. The Morgan fingerprint density at radius 2 is 1.74 bits per heavy atom. The van der Waals surface area contributed by atoms with Crippen molar-refractivity contribution in [3.05, 3.63) is 41.0 Å². The Bertz CT molecular complexity index is 785. The van der Waals surface area contributed by atoms with E-state index in [1.165, 1.54) is 33.6 Å². The zero-order valence-electron chi connectivity index (χ0n) is 15.1. The van der Waals surface area contributed by atoms with Gasteiger partial charge in [0.25, 0.3) is 5.91 Å². The first-order valence-electron chi connectivity index (χ1n) is 7.82. The number of esters is 1. The first-order chi connectivity index (χ1) is 13.0. The molecule has 9 heteroatoms. The molecule has 144 valence electrons. The maximum Gasteiger partial charge on any atom is 0.310 e. The van der Waals surface area contributed by atoms with Crippen LogP contribution in [0.2, 0.25) is 5.02 Å². The summed E-state index contributed by atoms with van der Waals surface area (Å²) in [6, 6.07) is 6.40. The molecule has 0 unspecified atom stereocenters. The summed E-state index contributed by atoms with van der Waals surface area (Å²) in [6.07, 6.45) is 1.33. The summed E-state index contributed by atoms with van der Waals surface area (Å²) >= 11 is 5.72. The molecule has 1 aromatic heterocycles. The predicted octanol–water partition coefficient (Wildman–Crippen LogP) is 2.49. The highest BCUT2D eigenvalue weighted by Crippen LogP contribution is 2.38. The predicted molar refractivity (Wildman–Crippen MR) is 98.6 cm³/mol. The third kappa shape index (κ3) is 5.75. The summed E-state index contributed by atoms with van der Waals surface area (Å²) in [5.41, 5.74) is 0.592. The highest BCUT2D eigenvalue weighted by atomic mass is 35.5. The lowest BCUT2D eigenvalue weighted by Gasteiger charge is -2.14. The molecule has 1 aromatic carbocycles. The van der Waals surface area contributed by atoms with Crippen molar-refractivity contribution in [3.8, 4) is 17.2 Å². The van der Waals surface area contributed by atoms with Crippen LogP contribution < -0.4 is 19.5 Å². The highest BCUT2D eigenvalue weighted by molar-refractivity contribution is 6.30. The smallest absolute Gasteiger partial charge is 0.310 e. The Labute approximate surface area is 161 Å². The van der Waals surface area contributed by atoms with Crippen LogP contribution in [0, 0.1) is 0 Å². The van der Waals surface area contributed by atoms with Gasteiger partial charge in [0.05, 0.1) is 32.8 Å². The van der Waals surface area contributed by atoms with Crippen LogP contribution in [0.15, 0.2) is 30.5 Å². The number of hydrogen-bond acceptors (Lipinski definition) is 7. The lowest BCUT2D eigenvalue weighted by atomic mass is 10.1. The Balaban J connectivity index is 1.93. The standard InChI is InChI=1S/C18H19ClN2O6/c1-24-13-6-11(7-14(25-2)18(13)26-3)8-17(23)27-10-16(22)21-15-5-4-12(19)9-20-15/h4-7,9H,8,10H2,1-3H3,(H,20,21,22). The summed E-state index contributed by atoms with van der Waals surface area (Å²) in [4.78, 5) is 27.8. The van der Waals surface area contributed by atoms with Crippen LogP contribution in [-0.2, 0) is 20.7 Å². The van der Waals surface area contributed by atoms with Crippen molar-refractivity contribution < 1.29 is 28.5 Å². The van der Waals surface area contributed by atoms with Crippen molar-refractivity contribution in [2.24, 2.45) is 0 Å². The minimum absolute atomic E-state index is 0.0663. The van der Waals surface area contributed by atoms with E-state index < -0.39 is 18.5 Å². The maximum absolute atomic E-state index is 12.0. The maximum atomic E-state index is 12.0. The largest absolute Gasteiger partial charge is 0.493 e. The van der Waals surface area contributed by atoms with E-state index in [0.717, 1.165) is 0 Å². The third-order valence-electron chi connectivity index (χ3n) is 3.43. The van der Waals surface area contributed by atoms with Crippen LogP contribution >= 0.6 is 11.6 Å². The summed E-state index contributed by atoms with van der Waals surface area (Å²) < 4.78 is 20.7. The van der Waals surface area contributed by atoms with Crippen molar-refractivity contribution in [2.75, 3.05) is 33.3 Å². The van der Waals surface area contributed by atoms with Crippen LogP contribution in [0.4, 0.5) is 5.82 Å². The van der Waals surface area contributed by atoms with E-state index in [4.69, 9.17) is 30.5 Å². The van der Waals surface area contributed by atoms with Gasteiger partial charge in [-0.25, -0.2) is 4.98 Å². The molecule has 0 radical (unpaired) electrons. The Morgan fingerprint density at radius 3 is 2.26 bits per heavy atom. The van der Waals surface area contributed by atoms with E-state index in [9.17, 15) is 9.59 Å². The molecule has 0 atom stereocenters. The van der Waals surface area contributed by atoms with Gasteiger partial charge in [-0.1, -0.05) is 11.6 Å². The van der Waals surface area contributed by atoms with Crippen LogP contribution in [0.3, 0.4) is 0 Å². The molecule has 2 rings (SSSR count). The highest BCUT2D eigenvalue weighted by Gasteiger charge is 2.16. The molecule has 0 bridgehead atoms. The number of anilines is 1. The molecule has 0 spiro atoms. The fourth-order valence-corrected chi connectivity index (χ4v) is 2.34. The van der Waals surface area contributed by atoms with Crippen LogP contribution in [0.1, 0.15) is 5.56 Å². The molecule has 0 saturated heterocycles. The van der Waals surface area contributed by atoms with E-state index in [0.29, 0.717) is 33.7 Å². The Kier molecular flexibility index (Phi) is 7.25. The zero-order chi connectivity index (χ0) is 19.8. The monoisotopic (exact) mass is 394 g/mol. The number of benzene rings is 1. The summed E-state index contributed by atoms with van der Waals surface area (Å²) in [5.74, 6) is 0.487. The van der Waals surface area contributed by atoms with Gasteiger partial charge in [-0.3, -0.25) is 9.59 Å². The van der Waals surface area contributed by atoms with Crippen LogP contribution in [-0.4, -0.2) is 44.8 Å². The van der Waals surface area contributed by atoms with Gasteiger partial charge >= 0.3 is 5.97 Å². The van der Waals surface area contributed by atoms with Crippen LogP contribution in [0.25, 0.3) is 0 Å². The normalized spacial score (nSPS) is 10.1. The quantitative estimate of drug-likeness (QED) is 0.687. The fraction of sp³-hybridized carbons (Fsp3) is 0.278. The zero-order valence-corrected chi connectivity index (χ0v) is 15.8. The molecule has 0 aliphatic heterocycles. The van der Waals surface area contributed by atoms with E-state index in [1.54, 1.807) is 18.2 Å². The minimum atomic E-state index is -0.580. The van der Waals surface area contributed by atoms with E-state index in [2.05, 4.69) is 10.3 Å². The molecule has 0 fully saturated rings. The number of amides is 1.